The number of hydrogen-bond acceptors (Lipinski definition) is 5. The SMILES string of the molecule is Cc1cccc([C@H](O)C(F)(F)CNC(=O)c2c(C)ccc(-c3ccn4nc(N)nc4c3)c2F)c1F. The Morgan fingerprint density at radius 3 is 2.63 bits per heavy atom. The monoisotopic (exact) mass is 487 g/mol. The van der Waals surface area contributed by atoms with Crippen LogP contribution in [-0.4, -0.2) is 38.1 Å². The van der Waals surface area contributed by atoms with Crippen LogP contribution in [-0.2, 0) is 0 Å². The van der Waals surface area contributed by atoms with Gasteiger partial charge in [-0.2, -0.15) is 4.98 Å². The molecule has 4 rings (SSSR count). The first kappa shape index (κ1) is 24.1. The molecule has 0 aliphatic rings. The molecule has 0 saturated carbocycles. The molecule has 0 saturated heterocycles. The summed E-state index contributed by atoms with van der Waals surface area (Å²) < 4.78 is 60.3. The number of alkyl halides is 2. The Kier molecular flexibility index (Phi) is 6.20. The average molecular weight is 487 g/mol. The largest absolute Gasteiger partial charge is 0.382 e. The van der Waals surface area contributed by atoms with E-state index in [9.17, 15) is 23.1 Å². The van der Waals surface area contributed by atoms with Gasteiger partial charge in [0, 0.05) is 17.3 Å². The second kappa shape index (κ2) is 8.99. The van der Waals surface area contributed by atoms with Gasteiger partial charge in [-0.1, -0.05) is 30.3 Å². The topological polar surface area (TPSA) is 106 Å². The Morgan fingerprint density at radius 1 is 1.14 bits per heavy atom. The molecule has 2 aromatic carbocycles. The standard InChI is InChI=1S/C24H21F4N5O2/c1-12-6-7-15(14-8-9-33-17(10-14)31-23(29)32-33)20(26)18(12)22(35)30-11-24(27,28)21(34)16-5-3-4-13(2)19(16)25/h3-10,21,34H,11H2,1-2H3,(H2,29,32)(H,30,35)/t21-/m0/s1. The van der Waals surface area contributed by atoms with Crippen molar-refractivity contribution in [3.63, 3.8) is 0 Å². The molecule has 4 N–H and O–H groups in total. The minimum atomic E-state index is -3.93. The zero-order valence-electron chi connectivity index (χ0n) is 18.7. The van der Waals surface area contributed by atoms with Crippen molar-refractivity contribution in [3.05, 3.63) is 82.5 Å². The van der Waals surface area contributed by atoms with Gasteiger partial charge in [-0.25, -0.2) is 22.1 Å². The van der Waals surface area contributed by atoms with Crippen molar-refractivity contribution < 1.29 is 27.5 Å². The summed E-state index contributed by atoms with van der Waals surface area (Å²) in [4.78, 5) is 16.7. The zero-order valence-corrected chi connectivity index (χ0v) is 18.7. The van der Waals surface area contributed by atoms with Crippen LogP contribution < -0.4 is 11.1 Å². The maximum absolute atomic E-state index is 15.4. The number of carbonyl (C=O) groups excluding carboxylic acids is 1. The van der Waals surface area contributed by atoms with E-state index < -0.39 is 47.2 Å². The van der Waals surface area contributed by atoms with Gasteiger partial charge in [-0.3, -0.25) is 4.79 Å². The zero-order chi connectivity index (χ0) is 25.5. The number of benzene rings is 2. The van der Waals surface area contributed by atoms with E-state index >= 15 is 4.39 Å². The first-order valence-corrected chi connectivity index (χ1v) is 10.5. The van der Waals surface area contributed by atoms with E-state index in [1.54, 1.807) is 0 Å². The summed E-state index contributed by atoms with van der Waals surface area (Å²) in [7, 11) is 0. The molecule has 4 aromatic rings. The number of anilines is 1. The minimum absolute atomic E-state index is 0.0280. The van der Waals surface area contributed by atoms with Crippen LogP contribution in [0.15, 0.2) is 48.7 Å². The van der Waals surface area contributed by atoms with Gasteiger partial charge in [0.15, 0.2) is 5.65 Å². The smallest absolute Gasteiger partial charge is 0.294 e. The Balaban J connectivity index is 1.59. The van der Waals surface area contributed by atoms with Gasteiger partial charge in [0.05, 0.1) is 12.1 Å². The summed E-state index contributed by atoms with van der Waals surface area (Å²) in [6, 6.07) is 9.73. The predicted octanol–water partition coefficient (Wildman–Crippen LogP) is 3.97. The van der Waals surface area contributed by atoms with Crippen LogP contribution in [0.3, 0.4) is 0 Å². The van der Waals surface area contributed by atoms with Crippen LogP contribution in [0.1, 0.15) is 33.2 Å². The molecule has 0 fully saturated rings. The lowest BCUT2D eigenvalue weighted by atomic mass is 9.98. The van der Waals surface area contributed by atoms with E-state index in [1.165, 1.54) is 61.0 Å². The highest BCUT2D eigenvalue weighted by molar-refractivity contribution is 5.97. The fraction of sp³-hybridized carbons (Fsp3) is 0.208. The van der Waals surface area contributed by atoms with Crippen LogP contribution in [0.4, 0.5) is 23.5 Å². The number of amides is 1. The first-order valence-electron chi connectivity index (χ1n) is 10.5. The second-order valence-electron chi connectivity index (χ2n) is 8.13. The number of rotatable bonds is 6. The molecule has 7 nitrogen and oxygen atoms in total. The number of nitrogens with one attached hydrogen (secondary N) is 1. The molecule has 182 valence electrons. The molecule has 35 heavy (non-hydrogen) atoms. The van der Waals surface area contributed by atoms with Crippen molar-refractivity contribution in [3.8, 4) is 11.1 Å². The van der Waals surface area contributed by atoms with Crippen LogP contribution in [0.2, 0.25) is 0 Å². The molecule has 0 aliphatic heterocycles. The summed E-state index contributed by atoms with van der Waals surface area (Å²) in [5.74, 6) is -6.89. The Morgan fingerprint density at radius 2 is 1.89 bits per heavy atom. The highest BCUT2D eigenvalue weighted by Gasteiger charge is 2.41. The van der Waals surface area contributed by atoms with Gasteiger partial charge in [0.25, 0.3) is 11.8 Å². The highest BCUT2D eigenvalue weighted by Crippen LogP contribution is 2.33. The van der Waals surface area contributed by atoms with Gasteiger partial charge in [0.1, 0.15) is 17.7 Å². The van der Waals surface area contributed by atoms with Crippen LogP contribution in [0.5, 0.6) is 0 Å². The highest BCUT2D eigenvalue weighted by atomic mass is 19.3. The maximum Gasteiger partial charge on any atom is 0.294 e. The molecule has 11 heteroatoms. The fourth-order valence-electron chi connectivity index (χ4n) is 3.73. The number of nitrogens with zero attached hydrogens (tertiary/aromatic N) is 3. The average Bonchev–Trinajstić information content (AvgIpc) is 3.18. The molecular formula is C24H21F4N5O2. The lowest BCUT2D eigenvalue weighted by Gasteiger charge is -2.24. The summed E-state index contributed by atoms with van der Waals surface area (Å²) in [5.41, 5.74) is 5.59. The normalized spacial score (nSPS) is 12.7. The van der Waals surface area contributed by atoms with Gasteiger partial charge in [0.2, 0.25) is 5.95 Å². The van der Waals surface area contributed by atoms with Crippen molar-refractivity contribution in [1.82, 2.24) is 19.9 Å². The van der Waals surface area contributed by atoms with Crippen molar-refractivity contribution in [1.29, 1.82) is 0 Å². The summed E-state index contributed by atoms with van der Waals surface area (Å²) in [5, 5.41) is 16.0. The quantitative estimate of drug-likeness (QED) is 0.357. The van der Waals surface area contributed by atoms with E-state index in [-0.39, 0.29) is 22.6 Å². The van der Waals surface area contributed by atoms with Crippen molar-refractivity contribution in [2.75, 3.05) is 12.3 Å². The molecule has 0 spiro atoms. The number of hydrogen-bond donors (Lipinski definition) is 3. The van der Waals surface area contributed by atoms with E-state index in [0.717, 1.165) is 6.07 Å². The number of nitrogens with two attached hydrogens (primary N) is 1. The number of aliphatic hydroxyl groups excluding tert-OH is 1. The number of nitrogen functional groups attached to an aromatic ring is 1. The van der Waals surface area contributed by atoms with Gasteiger partial charge >= 0.3 is 0 Å². The summed E-state index contributed by atoms with van der Waals surface area (Å²) in [6.45, 7) is 1.49. The molecule has 1 atom stereocenters. The number of halogens is 4. The third-order valence-corrected chi connectivity index (χ3v) is 5.64. The van der Waals surface area contributed by atoms with E-state index in [4.69, 9.17) is 5.73 Å². The van der Waals surface area contributed by atoms with E-state index in [1.807, 2.05) is 5.32 Å². The van der Waals surface area contributed by atoms with Gasteiger partial charge < -0.3 is 16.2 Å². The molecule has 0 aliphatic carbocycles. The number of carbonyl (C=O) groups is 1. The van der Waals surface area contributed by atoms with E-state index in [2.05, 4.69) is 10.1 Å². The second-order valence-corrected chi connectivity index (χ2v) is 8.13. The third-order valence-electron chi connectivity index (χ3n) is 5.64. The molecular weight excluding hydrogens is 466 g/mol. The molecule has 2 heterocycles. The number of aryl methyl sites for hydroxylation is 2. The van der Waals surface area contributed by atoms with Crippen molar-refractivity contribution >= 4 is 17.5 Å². The van der Waals surface area contributed by atoms with Gasteiger partial charge in [-0.15, -0.1) is 5.10 Å². The number of aliphatic hydroxyl groups is 1. The Hall–Kier alpha value is -3.99. The number of aromatic nitrogens is 3. The van der Waals surface area contributed by atoms with Crippen molar-refractivity contribution in [2.24, 2.45) is 0 Å². The number of pyridine rings is 1. The van der Waals surface area contributed by atoms with Crippen LogP contribution >= 0.6 is 0 Å². The van der Waals surface area contributed by atoms with E-state index in [0.29, 0.717) is 11.2 Å². The Labute approximate surface area is 197 Å². The number of fused-ring (bicyclic) bond motifs is 1. The molecule has 0 unspecified atom stereocenters. The lowest BCUT2D eigenvalue weighted by Crippen LogP contribution is -2.41. The van der Waals surface area contributed by atoms with Crippen LogP contribution in [0, 0.1) is 25.5 Å². The third kappa shape index (κ3) is 4.54. The predicted molar refractivity (Wildman–Crippen MR) is 121 cm³/mol. The Bertz CT molecular complexity index is 1440. The van der Waals surface area contributed by atoms with Gasteiger partial charge in [-0.05, 0) is 42.7 Å². The molecule has 2 aromatic heterocycles. The lowest BCUT2D eigenvalue weighted by molar-refractivity contribution is -0.107. The van der Waals surface area contributed by atoms with Crippen molar-refractivity contribution in [2.45, 2.75) is 25.9 Å². The minimum Gasteiger partial charge on any atom is -0.382 e. The molecule has 0 bridgehead atoms. The van der Waals surface area contributed by atoms with Crippen LogP contribution in [0.25, 0.3) is 16.8 Å². The molecule has 1 amide bonds. The fourth-order valence-corrected chi connectivity index (χ4v) is 3.73. The summed E-state index contributed by atoms with van der Waals surface area (Å²) >= 11 is 0. The maximum atomic E-state index is 15.4. The first-order chi connectivity index (χ1) is 16.5. The summed E-state index contributed by atoms with van der Waals surface area (Å²) in [6.07, 6.45) is -0.998. The molecule has 0 radical (unpaired) electrons.